The summed E-state index contributed by atoms with van der Waals surface area (Å²) in [6, 6.07) is 9.43. The van der Waals surface area contributed by atoms with Gasteiger partial charge < -0.3 is 5.32 Å². The van der Waals surface area contributed by atoms with Gasteiger partial charge in [0.25, 0.3) is 5.91 Å². The van der Waals surface area contributed by atoms with Gasteiger partial charge in [-0.3, -0.25) is 15.0 Å². The number of rotatable bonds is 6. The number of nitrogens with one attached hydrogen (secondary N) is 2. The maximum absolute atomic E-state index is 11.6. The van der Waals surface area contributed by atoms with Crippen LogP contribution in [0.2, 0.25) is 0 Å². The van der Waals surface area contributed by atoms with Crippen molar-refractivity contribution in [2.75, 3.05) is 0 Å². The summed E-state index contributed by atoms with van der Waals surface area (Å²) in [5.74, 6) is 4.55. The molecular formula is C14H21N3O2. The predicted octanol–water partition coefficient (Wildman–Crippen LogP) is 0.750. The molecule has 0 saturated heterocycles. The molecule has 0 fully saturated rings. The molecule has 4 N–H and O–H groups in total. The van der Waals surface area contributed by atoms with Crippen molar-refractivity contribution in [1.29, 1.82) is 0 Å². The molecule has 2 amide bonds. The van der Waals surface area contributed by atoms with E-state index in [1.165, 1.54) is 12.5 Å². The van der Waals surface area contributed by atoms with Crippen molar-refractivity contribution in [1.82, 2.24) is 10.7 Å². The van der Waals surface area contributed by atoms with Crippen LogP contribution in [0.1, 0.15) is 25.8 Å². The molecule has 5 nitrogen and oxygen atoms in total. The van der Waals surface area contributed by atoms with E-state index in [4.69, 9.17) is 5.84 Å². The SMILES string of the molecule is CC(=O)NC(C(=O)NN)C(C)CCc1ccccc1. The van der Waals surface area contributed by atoms with Crippen LogP contribution in [0.15, 0.2) is 30.3 Å². The van der Waals surface area contributed by atoms with Gasteiger partial charge in [0.05, 0.1) is 0 Å². The van der Waals surface area contributed by atoms with Gasteiger partial charge >= 0.3 is 0 Å². The van der Waals surface area contributed by atoms with Gasteiger partial charge in [0, 0.05) is 6.92 Å². The van der Waals surface area contributed by atoms with E-state index < -0.39 is 6.04 Å². The molecule has 1 rings (SSSR count). The molecule has 0 bridgehead atoms. The molecule has 0 spiro atoms. The average Bonchev–Trinajstić information content (AvgIpc) is 2.42. The number of amides is 2. The molecular weight excluding hydrogens is 242 g/mol. The van der Waals surface area contributed by atoms with Crippen LogP contribution in [0, 0.1) is 5.92 Å². The number of aryl methyl sites for hydroxylation is 1. The smallest absolute Gasteiger partial charge is 0.256 e. The van der Waals surface area contributed by atoms with Crippen molar-refractivity contribution < 1.29 is 9.59 Å². The third-order valence-electron chi connectivity index (χ3n) is 3.08. The zero-order valence-corrected chi connectivity index (χ0v) is 11.3. The number of hydrogen-bond acceptors (Lipinski definition) is 3. The monoisotopic (exact) mass is 263 g/mol. The average molecular weight is 263 g/mol. The lowest BCUT2D eigenvalue weighted by molar-refractivity contribution is -0.129. The van der Waals surface area contributed by atoms with Crippen LogP contribution in [0.3, 0.4) is 0 Å². The Morgan fingerprint density at radius 2 is 1.89 bits per heavy atom. The van der Waals surface area contributed by atoms with Crippen LogP contribution in [0.5, 0.6) is 0 Å². The Morgan fingerprint density at radius 3 is 2.42 bits per heavy atom. The zero-order valence-electron chi connectivity index (χ0n) is 11.3. The van der Waals surface area contributed by atoms with Gasteiger partial charge in [0.2, 0.25) is 5.91 Å². The fraction of sp³-hybridized carbons (Fsp3) is 0.429. The second-order valence-corrected chi connectivity index (χ2v) is 4.69. The summed E-state index contributed by atoms with van der Waals surface area (Å²) < 4.78 is 0. The van der Waals surface area contributed by atoms with Crippen LogP contribution >= 0.6 is 0 Å². The summed E-state index contributed by atoms with van der Waals surface area (Å²) >= 11 is 0. The summed E-state index contributed by atoms with van der Waals surface area (Å²) in [4.78, 5) is 22.8. The zero-order chi connectivity index (χ0) is 14.3. The van der Waals surface area contributed by atoms with Crippen molar-refractivity contribution in [3.8, 4) is 0 Å². The Labute approximate surface area is 113 Å². The van der Waals surface area contributed by atoms with Crippen molar-refractivity contribution in [3.63, 3.8) is 0 Å². The third-order valence-corrected chi connectivity index (χ3v) is 3.08. The Bertz CT molecular complexity index is 420. The molecule has 2 unspecified atom stereocenters. The Balaban J connectivity index is 2.59. The summed E-state index contributed by atoms with van der Waals surface area (Å²) in [6.45, 7) is 3.32. The van der Waals surface area contributed by atoms with Crippen LogP contribution in [-0.4, -0.2) is 17.9 Å². The van der Waals surface area contributed by atoms with Gasteiger partial charge in [-0.2, -0.15) is 0 Å². The van der Waals surface area contributed by atoms with Gasteiger partial charge in [0.1, 0.15) is 6.04 Å². The molecule has 0 aromatic heterocycles. The molecule has 0 saturated carbocycles. The molecule has 5 heteroatoms. The summed E-state index contributed by atoms with van der Waals surface area (Å²) in [5.41, 5.74) is 3.31. The fourth-order valence-corrected chi connectivity index (χ4v) is 1.98. The van der Waals surface area contributed by atoms with Crippen molar-refractivity contribution in [3.05, 3.63) is 35.9 Å². The third kappa shape index (κ3) is 5.09. The first-order chi connectivity index (χ1) is 9.04. The minimum Gasteiger partial charge on any atom is -0.344 e. The topological polar surface area (TPSA) is 84.2 Å². The largest absolute Gasteiger partial charge is 0.344 e. The first-order valence-corrected chi connectivity index (χ1v) is 6.36. The van der Waals surface area contributed by atoms with Gasteiger partial charge in [-0.05, 0) is 24.3 Å². The second kappa shape index (κ2) is 7.53. The number of carbonyl (C=O) groups excluding carboxylic acids is 2. The van der Waals surface area contributed by atoms with E-state index in [9.17, 15) is 9.59 Å². The molecule has 19 heavy (non-hydrogen) atoms. The summed E-state index contributed by atoms with van der Waals surface area (Å²) in [7, 11) is 0. The summed E-state index contributed by atoms with van der Waals surface area (Å²) in [6.07, 6.45) is 1.65. The Hall–Kier alpha value is -1.88. The predicted molar refractivity (Wildman–Crippen MR) is 73.9 cm³/mol. The van der Waals surface area contributed by atoms with Gasteiger partial charge in [-0.1, -0.05) is 37.3 Å². The van der Waals surface area contributed by atoms with Crippen LogP contribution < -0.4 is 16.6 Å². The van der Waals surface area contributed by atoms with E-state index >= 15 is 0 Å². The molecule has 0 aliphatic rings. The number of hydrazine groups is 1. The van der Waals surface area contributed by atoms with Crippen molar-refractivity contribution in [2.45, 2.75) is 32.7 Å². The highest BCUT2D eigenvalue weighted by molar-refractivity contribution is 5.86. The maximum Gasteiger partial charge on any atom is 0.256 e. The molecule has 1 aromatic carbocycles. The van der Waals surface area contributed by atoms with Crippen LogP contribution in [-0.2, 0) is 16.0 Å². The number of carbonyl (C=O) groups is 2. The van der Waals surface area contributed by atoms with E-state index in [2.05, 4.69) is 10.7 Å². The van der Waals surface area contributed by atoms with E-state index in [0.717, 1.165) is 12.8 Å². The van der Waals surface area contributed by atoms with Gasteiger partial charge in [-0.25, -0.2) is 5.84 Å². The first kappa shape index (κ1) is 15.2. The molecule has 0 aliphatic carbocycles. The van der Waals surface area contributed by atoms with E-state index in [1.807, 2.05) is 37.3 Å². The molecule has 1 aromatic rings. The van der Waals surface area contributed by atoms with Crippen molar-refractivity contribution in [2.24, 2.45) is 11.8 Å². The van der Waals surface area contributed by atoms with Gasteiger partial charge in [-0.15, -0.1) is 0 Å². The minimum absolute atomic E-state index is 0.00709. The maximum atomic E-state index is 11.6. The molecule has 2 atom stereocenters. The Kier molecular flexibility index (Phi) is 6.02. The standard InChI is InChI=1S/C14H21N3O2/c1-10(8-9-12-6-4-3-5-7-12)13(14(19)17-15)16-11(2)18/h3-7,10,13H,8-9,15H2,1-2H3,(H,16,18)(H,17,19). The van der Waals surface area contributed by atoms with E-state index in [-0.39, 0.29) is 17.7 Å². The van der Waals surface area contributed by atoms with Crippen LogP contribution in [0.25, 0.3) is 0 Å². The second-order valence-electron chi connectivity index (χ2n) is 4.69. The number of nitrogens with two attached hydrogens (primary N) is 1. The first-order valence-electron chi connectivity index (χ1n) is 6.36. The minimum atomic E-state index is -0.591. The van der Waals surface area contributed by atoms with Crippen LogP contribution in [0.4, 0.5) is 0 Å². The lowest BCUT2D eigenvalue weighted by Crippen LogP contribution is -2.51. The van der Waals surface area contributed by atoms with Crippen molar-refractivity contribution >= 4 is 11.8 Å². The highest BCUT2D eigenvalue weighted by Gasteiger charge is 2.24. The molecule has 0 heterocycles. The summed E-state index contributed by atoms with van der Waals surface area (Å²) in [5, 5.41) is 2.64. The Morgan fingerprint density at radius 1 is 1.26 bits per heavy atom. The highest BCUT2D eigenvalue weighted by atomic mass is 16.2. The van der Waals surface area contributed by atoms with E-state index in [0.29, 0.717) is 0 Å². The lowest BCUT2D eigenvalue weighted by Gasteiger charge is -2.23. The lowest BCUT2D eigenvalue weighted by atomic mass is 9.93. The van der Waals surface area contributed by atoms with E-state index in [1.54, 1.807) is 0 Å². The highest BCUT2D eigenvalue weighted by Crippen LogP contribution is 2.13. The normalized spacial score (nSPS) is 13.4. The molecule has 0 radical (unpaired) electrons. The quantitative estimate of drug-likeness (QED) is 0.402. The number of hydrogen-bond donors (Lipinski definition) is 3. The fourth-order valence-electron chi connectivity index (χ4n) is 1.98. The molecule has 0 aliphatic heterocycles. The van der Waals surface area contributed by atoms with Gasteiger partial charge in [0.15, 0.2) is 0 Å². The molecule has 104 valence electrons. The number of benzene rings is 1.